The number of ether oxygens (including phenoxy) is 9. The average Bonchev–Trinajstić information content (AvgIpc) is 1.55. The van der Waals surface area contributed by atoms with Gasteiger partial charge in [-0.1, -0.05) is 59.0 Å². The quantitative estimate of drug-likeness (QED) is 0.0130. The van der Waals surface area contributed by atoms with Gasteiger partial charge in [0.2, 0.25) is 5.95 Å². The lowest BCUT2D eigenvalue weighted by Gasteiger charge is -2.42. The Morgan fingerprint density at radius 1 is 0.478 bits per heavy atom. The van der Waals surface area contributed by atoms with E-state index in [4.69, 9.17) is 180 Å². The van der Waals surface area contributed by atoms with Crippen molar-refractivity contribution in [2.24, 2.45) is 0 Å². The van der Waals surface area contributed by atoms with Crippen LogP contribution in [-0.2, 0) is 173 Å². The zero-order valence-corrected chi connectivity index (χ0v) is 81.3. The molecule has 0 spiro atoms. The zero-order valence-electron chi connectivity index (χ0n) is 71.0. The molecule has 17 heterocycles. The highest BCUT2D eigenvalue weighted by atomic mass is 32.7. The molecule has 9 aliphatic rings. The second-order valence-electron chi connectivity index (χ2n) is 32.7. The zero-order chi connectivity index (χ0) is 98.0. The first-order valence-corrected chi connectivity index (χ1v) is 55.7. The summed E-state index contributed by atoms with van der Waals surface area (Å²) in [6, 6.07) is 0. The number of aromatic amines is 5. The van der Waals surface area contributed by atoms with E-state index in [-0.39, 0.29) is 50.4 Å². The minimum atomic E-state index is -5.30. The molecule has 744 valence electrons. The molecular formula is C67H80N18O39P6S6-6. The van der Waals surface area contributed by atoms with Gasteiger partial charge in [0.05, 0.1) is 76.7 Å². The Bertz CT molecular complexity index is 6970. The molecule has 32 atom stereocenters. The lowest BCUT2D eigenvalue weighted by Crippen LogP contribution is -2.52. The van der Waals surface area contributed by atoms with E-state index in [0.29, 0.717) is 4.57 Å². The van der Waals surface area contributed by atoms with Gasteiger partial charge in [-0.05, 0) is 48.5 Å². The van der Waals surface area contributed by atoms with Crippen LogP contribution in [-0.4, -0.2) is 260 Å². The second-order valence-corrected chi connectivity index (χ2v) is 49.0. The van der Waals surface area contributed by atoms with Gasteiger partial charge in [-0.25, -0.2) is 39.1 Å². The molecule has 9 fully saturated rings. The highest BCUT2D eigenvalue weighted by molar-refractivity contribution is 8.32. The van der Waals surface area contributed by atoms with E-state index in [1.54, 1.807) is 0 Å². The fourth-order valence-corrected chi connectivity index (χ4v) is 25.6. The molecule has 69 heteroatoms. The molecule has 136 heavy (non-hydrogen) atoms. The summed E-state index contributed by atoms with van der Waals surface area (Å²) in [6.45, 7) is -26.9. The topological polar surface area (TPSA) is 766 Å². The number of aryl methyl sites for hydroxylation is 4. The van der Waals surface area contributed by atoms with Crippen LogP contribution in [0.2, 0.25) is 0 Å². The van der Waals surface area contributed by atoms with Crippen LogP contribution in [0, 0.1) is 27.7 Å². The maximum absolute atomic E-state index is 15.4. The molecule has 9 aliphatic heterocycles. The Morgan fingerprint density at radius 3 is 1.36 bits per heavy atom. The third kappa shape index (κ3) is 19.0. The van der Waals surface area contributed by atoms with E-state index in [0.717, 1.165) is 52.1 Å². The predicted octanol–water partition coefficient (Wildman–Crippen LogP) is -6.86. The molecule has 0 aromatic carbocycles. The van der Waals surface area contributed by atoms with Crippen LogP contribution < -0.4 is 86.5 Å². The minimum absolute atomic E-state index is 0.0318. The summed E-state index contributed by atoms with van der Waals surface area (Å²) in [6.07, 6.45) is -30.9. The molecular weight excluding hydrogens is 2060 g/mol. The first-order chi connectivity index (χ1) is 63.8. The number of fused-ring (bicyclic) bond motifs is 8. The van der Waals surface area contributed by atoms with E-state index < -0.39 is 301 Å². The number of nitrogen functional groups attached to an aromatic ring is 2. The maximum atomic E-state index is 15.4. The summed E-state index contributed by atoms with van der Waals surface area (Å²) in [7, 11) is 0.954. The standard InChI is InChI=1S/C67H86N18O39P6S6/c1-23-10-80(61(94)76-50(23)89)55-37(87)40(121-127(100,133)107-16-32-39(120-125(98,131)104-8)38(88)56(115-32)85-22-72-35-47(68)70-20-71-48(35)85)33(114-55)15-106-126(99,132)119-30-9-34(84-21-73-36-49(84)74-60(69)75-54(36)93)113-31(30)14-105-128(101,134)123-45-42-58(82-12-25(3)52(91)78-63(82)96)117-66(45,28(6)111-42)18-109-130(103,136)124-46-43-59(83-13-26(4)53(92)79-64(83)97)118-67(46,29(7)112-43)19-108-129(102,135)122-44-41-57(116-65(44,17-86)27(5)110-41)81-11-24(2)51(90)77-62(81)95/h10-13,20-22,27-34,37-46,55-59,86-88H,9,14-19H2,1-8H3,(H,98,131)(H,99,132)(H,100,133)(H,101,134)(H,102,135)(H,103,136)(H2,68,70,71)(H,76,89,94)(H,77,90,95)(H,78,91,96)(H,79,92,97)(H3,69,74,75,93)/p-6/t27-,28-,29-,30+,31+,32+,33+,34+,37?,38?,39-,40-,41?,42?,43?,44+,45+,46+,55+,56+,57+,58+,59+,65-,66-,67-,125?,126?,127?,128?,129?,130?/m0/s1. The van der Waals surface area contributed by atoms with E-state index >= 15 is 9.46 Å². The van der Waals surface area contributed by atoms with Crippen LogP contribution in [0.5, 0.6) is 0 Å². The van der Waals surface area contributed by atoms with Gasteiger partial charge in [0, 0.05) is 60.6 Å². The number of nitrogens with two attached hydrogens (primary N) is 2. The lowest BCUT2D eigenvalue weighted by atomic mass is 9.94. The number of nitrogens with zero attached hydrogens (tertiary/aromatic N) is 11. The van der Waals surface area contributed by atoms with Crippen molar-refractivity contribution in [3.63, 3.8) is 0 Å². The van der Waals surface area contributed by atoms with Gasteiger partial charge < -0.3 is 160 Å². The number of nitrogens with one attached hydrogen (secondary N) is 5. The van der Waals surface area contributed by atoms with Crippen LogP contribution >= 0.6 is 40.4 Å². The number of hydrogen-bond donors (Lipinski definition) is 10. The van der Waals surface area contributed by atoms with Crippen molar-refractivity contribution < 1.29 is 141 Å². The van der Waals surface area contributed by atoms with Crippen LogP contribution in [0.4, 0.5) is 11.8 Å². The summed E-state index contributed by atoms with van der Waals surface area (Å²) in [4.78, 5) is 222. The number of rotatable bonds is 35. The molecule has 0 radical (unpaired) electrons. The first kappa shape index (κ1) is 101. The Labute approximate surface area is 790 Å². The van der Waals surface area contributed by atoms with Gasteiger partial charge in [0.25, 0.3) is 27.8 Å². The first-order valence-electron chi connectivity index (χ1n) is 40.4. The predicted molar refractivity (Wildman–Crippen MR) is 466 cm³/mol. The van der Waals surface area contributed by atoms with Crippen LogP contribution in [0.25, 0.3) is 22.3 Å². The van der Waals surface area contributed by atoms with Crippen molar-refractivity contribution in [3.05, 3.63) is 160 Å². The van der Waals surface area contributed by atoms with Gasteiger partial charge in [-0.2, -0.15) is 4.98 Å². The third-order valence-corrected chi connectivity index (χ3v) is 33.6. The molecule has 17 rings (SSSR count). The van der Waals surface area contributed by atoms with Crippen molar-refractivity contribution in [2.75, 3.05) is 58.2 Å². The average molecular weight is 2140 g/mol. The molecule has 0 saturated carbocycles. The molecule has 0 amide bonds. The third-order valence-electron chi connectivity index (χ3n) is 24.3. The molecule has 12 N–H and O–H groups in total. The van der Waals surface area contributed by atoms with Crippen LogP contribution in [0.1, 0.15) is 86.8 Å². The fourth-order valence-electron chi connectivity index (χ4n) is 17.4. The van der Waals surface area contributed by atoms with Crippen molar-refractivity contribution in [1.29, 1.82) is 0 Å². The Kier molecular flexibility index (Phi) is 28.0. The monoisotopic (exact) mass is 2140 g/mol. The Balaban J connectivity index is 0.625. The number of H-pyrrole nitrogens is 5. The summed E-state index contributed by atoms with van der Waals surface area (Å²) < 4.78 is 148. The molecule has 8 aromatic rings. The van der Waals surface area contributed by atoms with Crippen molar-refractivity contribution in [2.45, 2.75) is 213 Å². The highest BCUT2D eigenvalue weighted by Crippen LogP contribution is 2.63. The minimum Gasteiger partial charge on any atom is -0.780 e. The van der Waals surface area contributed by atoms with E-state index in [1.807, 2.05) is 4.98 Å². The molecule has 8 aromatic heterocycles. The van der Waals surface area contributed by atoms with Gasteiger partial charge in [-0.15, -0.1) is 0 Å². The fraction of sp³-hybridized carbons (Fsp3) is 0.612. The van der Waals surface area contributed by atoms with Gasteiger partial charge in [0.1, 0.15) is 148 Å². The number of aromatic nitrogens is 16. The normalized spacial score (nSPS) is 35.0. The lowest BCUT2D eigenvalue weighted by molar-refractivity contribution is -0.240. The molecule has 9 saturated heterocycles. The molecule has 0 aliphatic carbocycles. The Morgan fingerprint density at radius 2 is 0.875 bits per heavy atom. The van der Waals surface area contributed by atoms with Crippen molar-refractivity contribution >= 4 is 146 Å². The number of hydrogen-bond acceptors (Lipinski definition) is 52. The van der Waals surface area contributed by atoms with Crippen LogP contribution in [0.15, 0.2) is 86.9 Å². The number of aliphatic hydroxyl groups excluding tert-OH is 3. The number of imidazole rings is 2. The molecule has 11 unspecified atom stereocenters. The smallest absolute Gasteiger partial charge is 0.330 e. The van der Waals surface area contributed by atoms with E-state index in [9.17, 15) is 78.0 Å². The van der Waals surface area contributed by atoms with E-state index in [1.165, 1.54) is 70.1 Å². The molecule has 57 nitrogen and oxygen atoms in total. The van der Waals surface area contributed by atoms with Gasteiger partial charge in [-0.3, -0.25) is 80.9 Å². The summed E-state index contributed by atoms with van der Waals surface area (Å²) in [5, 5.41) is 34.7. The van der Waals surface area contributed by atoms with Crippen molar-refractivity contribution in [3.8, 4) is 0 Å². The summed E-state index contributed by atoms with van der Waals surface area (Å²) in [5.74, 6) is -0.462. The SMILES string of the molecule is COP([O-])(=S)O[C@@H]1C(O)[C@H](n2cnc3c(N)ncnc32)O[C@@H]1COP([O-])(=S)O[C@@H]1C(O)[C@H](n2cc(C)c(=O)[nH]c2=O)O[C@@H]1COP([O-])(=S)O[C@@H]1C[C@H](n2cnc3c(=O)[nH]c(N)nc32)O[C@@H]1COP([O-])(=S)O[C@@H]1C2O[C@@H](C)[C@]1(COP(=O)([S-])O[C@@H]1C3O[C@@H](C)[C@]1(COP([O-])(=S)O[C@@H]1C4O[C@@H](C)[C@]1(CO)O[C@H]4n1cc(C)c(=O)[nH]c1=O)O[C@H]3n1cc(C)c(=O)[nH]c1=O)O[C@H]2n1cc(C)c(=O)[nH]c1=O. The van der Waals surface area contributed by atoms with E-state index in [2.05, 4.69) is 44.9 Å². The van der Waals surface area contributed by atoms with Gasteiger partial charge in [0.15, 0.2) is 60.6 Å². The molecule has 6 bridgehead atoms. The highest BCUT2D eigenvalue weighted by Gasteiger charge is 2.72. The summed E-state index contributed by atoms with van der Waals surface area (Å²) >= 11 is 32.6. The largest absolute Gasteiger partial charge is 0.780 e. The van der Waals surface area contributed by atoms with Gasteiger partial charge >= 0.3 is 22.8 Å². The maximum Gasteiger partial charge on any atom is 0.330 e. The Hall–Kier alpha value is -6.11. The number of aliphatic hydroxyl groups is 3. The van der Waals surface area contributed by atoms with Crippen LogP contribution in [0.3, 0.4) is 0 Å². The van der Waals surface area contributed by atoms with Crippen molar-refractivity contribution in [1.82, 2.24) is 77.2 Å². The summed E-state index contributed by atoms with van der Waals surface area (Å²) in [5.41, 5.74) is -3.31. The second kappa shape index (κ2) is 37.6. The number of anilines is 2.